The first-order valence-corrected chi connectivity index (χ1v) is 10.1. The minimum atomic E-state index is -0.618. The van der Waals surface area contributed by atoms with Crippen LogP contribution in [0.3, 0.4) is 0 Å². The van der Waals surface area contributed by atoms with Crippen LogP contribution < -0.4 is 10.9 Å². The lowest BCUT2D eigenvalue weighted by Crippen LogP contribution is -2.29. The summed E-state index contributed by atoms with van der Waals surface area (Å²) in [6.07, 6.45) is 0. The topological polar surface area (TPSA) is 121 Å². The number of hydrogen-bond acceptors (Lipinski definition) is 7. The van der Waals surface area contributed by atoms with Gasteiger partial charge in [0.2, 0.25) is 5.91 Å². The Morgan fingerprint density at radius 3 is 2.55 bits per heavy atom. The fourth-order valence-electron chi connectivity index (χ4n) is 2.95. The summed E-state index contributed by atoms with van der Waals surface area (Å²) in [5.41, 5.74) is 0.322. The Morgan fingerprint density at radius 1 is 1.19 bits per heavy atom. The molecule has 0 radical (unpaired) electrons. The van der Waals surface area contributed by atoms with Crippen molar-refractivity contribution in [2.45, 2.75) is 20.4 Å². The monoisotopic (exact) mass is 441 g/mol. The van der Waals surface area contributed by atoms with Gasteiger partial charge in [-0.25, -0.2) is 4.79 Å². The maximum absolute atomic E-state index is 12.7. The zero-order chi connectivity index (χ0) is 22.5. The predicted octanol–water partition coefficient (Wildman–Crippen LogP) is 3.61. The van der Waals surface area contributed by atoms with E-state index >= 15 is 0 Å². The molecule has 0 saturated carbocycles. The normalized spacial score (nSPS) is 10.5. The standard InChI is InChI=1S/C21H19N3O6S/c1-3-30-21(27)15-11-17(14-7-5-4-6-8-14)31-20(15)22-18(25)12-23-13(2)16(24(28)29)9-10-19(23)26/h4-11H,3,12H2,1-2H3,(H,22,25). The molecule has 0 aliphatic rings. The van der Waals surface area contributed by atoms with Crippen molar-refractivity contribution in [2.75, 3.05) is 11.9 Å². The van der Waals surface area contributed by atoms with Crippen LogP contribution in [0.4, 0.5) is 10.7 Å². The van der Waals surface area contributed by atoms with Gasteiger partial charge in [-0.2, -0.15) is 0 Å². The second-order valence-electron chi connectivity index (χ2n) is 6.47. The lowest BCUT2D eigenvalue weighted by atomic mass is 10.1. The molecule has 10 heteroatoms. The van der Waals surface area contributed by atoms with E-state index < -0.39 is 28.9 Å². The van der Waals surface area contributed by atoms with Gasteiger partial charge in [-0.05, 0) is 25.5 Å². The average molecular weight is 441 g/mol. The molecule has 0 unspecified atom stereocenters. The average Bonchev–Trinajstić information content (AvgIpc) is 3.15. The molecule has 0 aliphatic carbocycles. The van der Waals surface area contributed by atoms with E-state index in [1.807, 2.05) is 30.3 Å². The second kappa shape index (κ2) is 9.35. The van der Waals surface area contributed by atoms with Gasteiger partial charge in [-0.1, -0.05) is 30.3 Å². The van der Waals surface area contributed by atoms with Crippen LogP contribution >= 0.6 is 11.3 Å². The summed E-state index contributed by atoms with van der Waals surface area (Å²) in [6, 6.07) is 13.1. The summed E-state index contributed by atoms with van der Waals surface area (Å²) in [7, 11) is 0. The highest BCUT2D eigenvalue weighted by atomic mass is 32.1. The van der Waals surface area contributed by atoms with Gasteiger partial charge in [0.25, 0.3) is 11.2 Å². The second-order valence-corrected chi connectivity index (χ2v) is 7.53. The van der Waals surface area contributed by atoms with Gasteiger partial charge in [0.15, 0.2) is 0 Å². The van der Waals surface area contributed by atoms with Gasteiger partial charge in [0, 0.05) is 17.0 Å². The molecule has 0 saturated heterocycles. The first-order valence-electron chi connectivity index (χ1n) is 9.32. The molecule has 31 heavy (non-hydrogen) atoms. The van der Waals surface area contributed by atoms with Crippen LogP contribution in [-0.2, 0) is 16.1 Å². The van der Waals surface area contributed by atoms with E-state index in [1.165, 1.54) is 18.3 Å². The number of anilines is 1. The van der Waals surface area contributed by atoms with Crippen molar-refractivity contribution in [3.8, 4) is 10.4 Å². The first-order chi connectivity index (χ1) is 14.8. The van der Waals surface area contributed by atoms with Crippen LogP contribution in [0.2, 0.25) is 0 Å². The van der Waals surface area contributed by atoms with Crippen LogP contribution in [0, 0.1) is 17.0 Å². The molecule has 3 aromatic rings. The van der Waals surface area contributed by atoms with Crippen molar-refractivity contribution in [3.05, 3.63) is 80.3 Å². The minimum absolute atomic E-state index is 0.0643. The van der Waals surface area contributed by atoms with Gasteiger partial charge in [-0.15, -0.1) is 11.3 Å². The molecule has 9 nitrogen and oxygen atoms in total. The van der Waals surface area contributed by atoms with Gasteiger partial charge < -0.3 is 10.1 Å². The van der Waals surface area contributed by atoms with Crippen LogP contribution in [0.25, 0.3) is 10.4 Å². The number of pyridine rings is 1. The third kappa shape index (κ3) is 4.86. The molecular weight excluding hydrogens is 422 g/mol. The molecular formula is C21H19N3O6S. The van der Waals surface area contributed by atoms with Crippen LogP contribution in [-0.4, -0.2) is 28.0 Å². The maximum Gasteiger partial charge on any atom is 0.341 e. The van der Waals surface area contributed by atoms with E-state index in [0.717, 1.165) is 27.1 Å². The smallest absolute Gasteiger partial charge is 0.341 e. The summed E-state index contributed by atoms with van der Waals surface area (Å²) >= 11 is 1.19. The third-order valence-corrected chi connectivity index (χ3v) is 5.56. The maximum atomic E-state index is 12.7. The Balaban J connectivity index is 1.91. The molecule has 1 N–H and O–H groups in total. The Morgan fingerprint density at radius 2 is 1.90 bits per heavy atom. The molecule has 0 aliphatic heterocycles. The molecule has 1 aromatic carbocycles. The lowest BCUT2D eigenvalue weighted by molar-refractivity contribution is -0.386. The fourth-order valence-corrected chi connectivity index (χ4v) is 4.02. The highest BCUT2D eigenvalue weighted by molar-refractivity contribution is 7.20. The van der Waals surface area contributed by atoms with Crippen LogP contribution in [0.5, 0.6) is 0 Å². The summed E-state index contributed by atoms with van der Waals surface area (Å²) in [5.74, 6) is -1.18. The van der Waals surface area contributed by atoms with Crippen molar-refractivity contribution >= 4 is 33.9 Å². The number of carbonyl (C=O) groups is 2. The molecule has 0 atom stereocenters. The number of hydrogen-bond donors (Lipinski definition) is 1. The number of ether oxygens (including phenoxy) is 1. The Labute approximate surface area is 181 Å². The predicted molar refractivity (Wildman–Crippen MR) is 116 cm³/mol. The van der Waals surface area contributed by atoms with Gasteiger partial charge in [0.1, 0.15) is 11.5 Å². The lowest BCUT2D eigenvalue weighted by Gasteiger charge is -2.10. The van der Waals surface area contributed by atoms with Crippen molar-refractivity contribution in [1.29, 1.82) is 0 Å². The molecule has 3 rings (SSSR count). The number of rotatable bonds is 7. The highest BCUT2D eigenvalue weighted by Crippen LogP contribution is 2.36. The Hall–Kier alpha value is -3.79. The molecule has 2 heterocycles. The third-order valence-electron chi connectivity index (χ3n) is 4.46. The molecule has 0 spiro atoms. The number of nitrogens with one attached hydrogen (secondary N) is 1. The fraction of sp³-hybridized carbons (Fsp3) is 0.190. The molecule has 2 aromatic heterocycles. The summed E-state index contributed by atoms with van der Waals surface area (Å²) in [4.78, 5) is 48.4. The van der Waals surface area contributed by atoms with Gasteiger partial charge in [0.05, 0.1) is 22.8 Å². The number of esters is 1. The van der Waals surface area contributed by atoms with Crippen molar-refractivity contribution in [1.82, 2.24) is 4.57 Å². The van der Waals surface area contributed by atoms with E-state index in [0.29, 0.717) is 0 Å². The summed E-state index contributed by atoms with van der Waals surface area (Å²) in [6.45, 7) is 2.81. The van der Waals surface area contributed by atoms with Crippen molar-refractivity contribution in [2.24, 2.45) is 0 Å². The van der Waals surface area contributed by atoms with E-state index in [-0.39, 0.29) is 28.6 Å². The highest BCUT2D eigenvalue weighted by Gasteiger charge is 2.21. The van der Waals surface area contributed by atoms with Crippen molar-refractivity contribution in [3.63, 3.8) is 0 Å². The summed E-state index contributed by atoms with van der Waals surface area (Å²) < 4.78 is 6.10. The van der Waals surface area contributed by atoms with Gasteiger partial charge in [-0.3, -0.25) is 24.3 Å². The number of aromatic nitrogens is 1. The largest absolute Gasteiger partial charge is 0.462 e. The molecule has 0 bridgehead atoms. The van der Waals surface area contributed by atoms with E-state index in [1.54, 1.807) is 13.0 Å². The quantitative estimate of drug-likeness (QED) is 0.340. The van der Waals surface area contributed by atoms with Crippen LogP contribution in [0.1, 0.15) is 23.0 Å². The van der Waals surface area contributed by atoms with E-state index in [4.69, 9.17) is 4.74 Å². The van der Waals surface area contributed by atoms with Crippen molar-refractivity contribution < 1.29 is 19.2 Å². The minimum Gasteiger partial charge on any atom is -0.462 e. The molecule has 160 valence electrons. The first kappa shape index (κ1) is 21.9. The molecule has 1 amide bonds. The number of thiophene rings is 1. The van der Waals surface area contributed by atoms with E-state index in [2.05, 4.69) is 5.32 Å². The zero-order valence-corrected chi connectivity index (χ0v) is 17.6. The number of nitro groups is 1. The Kier molecular flexibility index (Phi) is 6.61. The number of benzene rings is 1. The number of carbonyl (C=O) groups excluding carboxylic acids is 2. The van der Waals surface area contributed by atoms with Crippen LogP contribution in [0.15, 0.2) is 53.3 Å². The zero-order valence-electron chi connectivity index (χ0n) is 16.8. The number of amides is 1. The molecule has 0 fully saturated rings. The van der Waals surface area contributed by atoms with E-state index in [9.17, 15) is 24.5 Å². The Bertz CT molecular complexity index is 1200. The summed E-state index contributed by atoms with van der Waals surface area (Å²) in [5, 5.41) is 14.0. The number of nitrogens with zero attached hydrogens (tertiary/aromatic N) is 2. The van der Waals surface area contributed by atoms with Gasteiger partial charge >= 0.3 is 5.97 Å². The SMILES string of the molecule is CCOC(=O)c1cc(-c2ccccc2)sc1NC(=O)Cn1c(C)c([N+](=O)[O-])ccc1=O.